The van der Waals surface area contributed by atoms with E-state index in [0.29, 0.717) is 23.8 Å². The molecule has 3 aromatic rings. The summed E-state index contributed by atoms with van der Waals surface area (Å²) in [6, 6.07) is 9.61. The molecule has 1 N–H and O–H groups in total. The summed E-state index contributed by atoms with van der Waals surface area (Å²) in [5.41, 5.74) is 2.71. The van der Waals surface area contributed by atoms with Gasteiger partial charge in [0.15, 0.2) is 5.76 Å². The van der Waals surface area contributed by atoms with Crippen molar-refractivity contribution in [2.45, 2.75) is 12.8 Å². The number of furan rings is 2. The highest BCUT2D eigenvalue weighted by Gasteiger charge is 2.19. The van der Waals surface area contributed by atoms with E-state index in [4.69, 9.17) is 8.83 Å². The van der Waals surface area contributed by atoms with Crippen molar-refractivity contribution in [1.82, 2.24) is 10.2 Å². The highest BCUT2D eigenvalue weighted by molar-refractivity contribution is 5.96. The standard InChI is InChI=1S/C20H22N2O3/c1-22-7-4-14(5-8-22)12-21-20(23)19-11-16-3-2-15(10-18(16)25-19)17-6-9-24-13-17/h2-3,6,9-11,13-14H,4-5,7-8,12H2,1H3,(H,21,23). The fourth-order valence-corrected chi connectivity index (χ4v) is 3.34. The van der Waals surface area contributed by atoms with Crippen LogP contribution in [-0.4, -0.2) is 37.5 Å². The van der Waals surface area contributed by atoms with Gasteiger partial charge in [0.1, 0.15) is 5.58 Å². The van der Waals surface area contributed by atoms with Gasteiger partial charge in [0.05, 0.1) is 12.5 Å². The van der Waals surface area contributed by atoms with Gasteiger partial charge in [-0.05, 0) is 62.7 Å². The average Bonchev–Trinajstić information content (AvgIpc) is 3.29. The summed E-state index contributed by atoms with van der Waals surface area (Å²) in [6.45, 7) is 2.91. The number of benzene rings is 1. The van der Waals surface area contributed by atoms with Crippen LogP contribution in [-0.2, 0) is 0 Å². The van der Waals surface area contributed by atoms with Crippen LogP contribution in [0.4, 0.5) is 0 Å². The molecule has 5 heteroatoms. The maximum Gasteiger partial charge on any atom is 0.287 e. The van der Waals surface area contributed by atoms with Crippen molar-refractivity contribution in [2.24, 2.45) is 5.92 Å². The predicted molar refractivity (Wildman–Crippen MR) is 96.5 cm³/mol. The zero-order chi connectivity index (χ0) is 17.2. The number of likely N-dealkylation sites (tertiary alicyclic amines) is 1. The number of rotatable bonds is 4. The van der Waals surface area contributed by atoms with Crippen molar-refractivity contribution in [2.75, 3.05) is 26.7 Å². The normalized spacial score (nSPS) is 16.4. The second-order valence-corrected chi connectivity index (χ2v) is 6.83. The van der Waals surface area contributed by atoms with Gasteiger partial charge in [-0.1, -0.05) is 12.1 Å². The van der Waals surface area contributed by atoms with E-state index in [1.807, 2.05) is 24.3 Å². The maximum atomic E-state index is 12.4. The molecule has 0 unspecified atom stereocenters. The summed E-state index contributed by atoms with van der Waals surface area (Å²) >= 11 is 0. The minimum absolute atomic E-state index is 0.139. The first-order valence-corrected chi connectivity index (χ1v) is 8.72. The summed E-state index contributed by atoms with van der Waals surface area (Å²) < 4.78 is 10.9. The molecular formula is C20H22N2O3. The number of hydrogen-bond acceptors (Lipinski definition) is 4. The quantitative estimate of drug-likeness (QED) is 0.787. The molecule has 1 fully saturated rings. The smallest absolute Gasteiger partial charge is 0.287 e. The lowest BCUT2D eigenvalue weighted by molar-refractivity contribution is 0.0913. The number of nitrogens with zero attached hydrogens (tertiary/aromatic N) is 1. The van der Waals surface area contributed by atoms with Gasteiger partial charge in [-0.15, -0.1) is 0 Å². The summed E-state index contributed by atoms with van der Waals surface area (Å²) in [5, 5.41) is 3.95. The van der Waals surface area contributed by atoms with Crippen molar-refractivity contribution < 1.29 is 13.6 Å². The zero-order valence-electron chi connectivity index (χ0n) is 14.3. The Bertz CT molecular complexity index is 858. The largest absolute Gasteiger partial charge is 0.472 e. The molecule has 1 aromatic carbocycles. The van der Waals surface area contributed by atoms with Crippen molar-refractivity contribution in [3.05, 3.63) is 48.6 Å². The molecule has 4 rings (SSSR count). The Morgan fingerprint density at radius 3 is 2.80 bits per heavy atom. The SMILES string of the molecule is CN1CCC(CNC(=O)c2cc3ccc(-c4ccoc4)cc3o2)CC1. The Labute approximate surface area is 146 Å². The highest BCUT2D eigenvalue weighted by atomic mass is 16.3. The van der Waals surface area contributed by atoms with E-state index in [1.54, 1.807) is 18.6 Å². The van der Waals surface area contributed by atoms with Gasteiger partial charge in [0, 0.05) is 17.5 Å². The predicted octanol–water partition coefficient (Wildman–Crippen LogP) is 3.76. The third kappa shape index (κ3) is 3.46. The Balaban J connectivity index is 1.44. The van der Waals surface area contributed by atoms with E-state index in [1.165, 1.54) is 0 Å². The van der Waals surface area contributed by atoms with Crippen molar-refractivity contribution >= 4 is 16.9 Å². The third-order valence-corrected chi connectivity index (χ3v) is 4.99. The first-order chi connectivity index (χ1) is 12.2. The first-order valence-electron chi connectivity index (χ1n) is 8.72. The number of fused-ring (bicyclic) bond motifs is 1. The van der Waals surface area contributed by atoms with Gasteiger partial charge < -0.3 is 19.1 Å². The van der Waals surface area contributed by atoms with Crippen LogP contribution < -0.4 is 5.32 Å². The number of hydrogen-bond donors (Lipinski definition) is 1. The molecule has 1 aliphatic rings. The average molecular weight is 338 g/mol. The van der Waals surface area contributed by atoms with E-state index in [2.05, 4.69) is 17.3 Å². The molecule has 1 saturated heterocycles. The lowest BCUT2D eigenvalue weighted by Crippen LogP contribution is -2.36. The van der Waals surface area contributed by atoms with Gasteiger partial charge in [-0.25, -0.2) is 0 Å². The molecule has 5 nitrogen and oxygen atoms in total. The molecule has 0 aliphatic carbocycles. The van der Waals surface area contributed by atoms with Crippen molar-refractivity contribution in [1.29, 1.82) is 0 Å². The molecule has 0 spiro atoms. The Morgan fingerprint density at radius 2 is 2.04 bits per heavy atom. The lowest BCUT2D eigenvalue weighted by atomic mass is 9.97. The lowest BCUT2D eigenvalue weighted by Gasteiger charge is -2.28. The van der Waals surface area contributed by atoms with Gasteiger partial charge in [0.2, 0.25) is 0 Å². The molecule has 1 aliphatic heterocycles. The van der Waals surface area contributed by atoms with Crippen LogP contribution in [0.5, 0.6) is 0 Å². The minimum Gasteiger partial charge on any atom is -0.472 e. The summed E-state index contributed by atoms with van der Waals surface area (Å²) in [6.07, 6.45) is 5.60. The van der Waals surface area contributed by atoms with Gasteiger partial charge in [-0.3, -0.25) is 4.79 Å². The van der Waals surface area contributed by atoms with E-state index in [9.17, 15) is 4.79 Å². The number of amides is 1. The minimum atomic E-state index is -0.139. The van der Waals surface area contributed by atoms with Crippen LogP contribution in [0.1, 0.15) is 23.4 Å². The molecule has 0 radical (unpaired) electrons. The van der Waals surface area contributed by atoms with Crippen LogP contribution in [0.25, 0.3) is 22.1 Å². The fourth-order valence-electron chi connectivity index (χ4n) is 3.34. The zero-order valence-corrected chi connectivity index (χ0v) is 14.3. The summed E-state index contributed by atoms with van der Waals surface area (Å²) in [4.78, 5) is 14.7. The topological polar surface area (TPSA) is 58.6 Å². The summed E-state index contributed by atoms with van der Waals surface area (Å²) in [7, 11) is 2.14. The van der Waals surface area contributed by atoms with Gasteiger partial charge >= 0.3 is 0 Å². The fraction of sp³-hybridized carbons (Fsp3) is 0.350. The number of nitrogens with one attached hydrogen (secondary N) is 1. The first kappa shape index (κ1) is 16.0. The molecule has 130 valence electrons. The van der Waals surface area contributed by atoms with E-state index < -0.39 is 0 Å². The van der Waals surface area contributed by atoms with E-state index in [0.717, 1.165) is 42.4 Å². The molecule has 3 heterocycles. The molecule has 2 aromatic heterocycles. The van der Waals surface area contributed by atoms with Crippen molar-refractivity contribution in [3.63, 3.8) is 0 Å². The molecule has 1 amide bonds. The molecule has 0 saturated carbocycles. The highest BCUT2D eigenvalue weighted by Crippen LogP contribution is 2.27. The van der Waals surface area contributed by atoms with Crippen LogP contribution in [0.2, 0.25) is 0 Å². The number of carbonyl (C=O) groups is 1. The van der Waals surface area contributed by atoms with Gasteiger partial charge in [-0.2, -0.15) is 0 Å². The second-order valence-electron chi connectivity index (χ2n) is 6.83. The number of carbonyl (C=O) groups excluding carboxylic acids is 1. The van der Waals surface area contributed by atoms with Gasteiger partial charge in [0.25, 0.3) is 5.91 Å². The molecular weight excluding hydrogens is 316 g/mol. The number of piperidine rings is 1. The Hall–Kier alpha value is -2.53. The maximum absolute atomic E-state index is 12.4. The molecule has 0 atom stereocenters. The van der Waals surface area contributed by atoms with Crippen LogP contribution in [0.3, 0.4) is 0 Å². The van der Waals surface area contributed by atoms with Crippen LogP contribution in [0.15, 0.2) is 51.7 Å². The van der Waals surface area contributed by atoms with Crippen LogP contribution >= 0.6 is 0 Å². The van der Waals surface area contributed by atoms with Crippen molar-refractivity contribution in [3.8, 4) is 11.1 Å². The molecule has 0 bridgehead atoms. The summed E-state index contributed by atoms with van der Waals surface area (Å²) in [5.74, 6) is 0.782. The second kappa shape index (κ2) is 6.76. The Morgan fingerprint density at radius 1 is 1.20 bits per heavy atom. The molecule has 25 heavy (non-hydrogen) atoms. The Kier molecular flexibility index (Phi) is 4.32. The van der Waals surface area contributed by atoms with Crippen LogP contribution in [0, 0.1) is 5.92 Å². The van der Waals surface area contributed by atoms with E-state index >= 15 is 0 Å². The third-order valence-electron chi connectivity index (χ3n) is 4.99. The monoisotopic (exact) mass is 338 g/mol. The van der Waals surface area contributed by atoms with E-state index in [-0.39, 0.29) is 5.91 Å².